The Labute approximate surface area is 193 Å². The maximum atomic E-state index is 13.2. The van der Waals surface area contributed by atoms with Crippen LogP contribution in [-0.2, 0) is 16.1 Å². The van der Waals surface area contributed by atoms with E-state index >= 15 is 0 Å². The summed E-state index contributed by atoms with van der Waals surface area (Å²) in [5.74, 6) is 0.0562. The van der Waals surface area contributed by atoms with Gasteiger partial charge in [-0.3, -0.25) is 9.59 Å². The van der Waals surface area contributed by atoms with E-state index in [2.05, 4.69) is 12.2 Å². The summed E-state index contributed by atoms with van der Waals surface area (Å²) in [6.45, 7) is 4.98. The van der Waals surface area contributed by atoms with Gasteiger partial charge in [0.25, 0.3) is 0 Å². The molecule has 0 aliphatic heterocycles. The lowest BCUT2D eigenvalue weighted by Gasteiger charge is -2.30. The second-order valence-electron chi connectivity index (χ2n) is 6.96. The molecule has 0 spiro atoms. The van der Waals surface area contributed by atoms with E-state index in [0.29, 0.717) is 29.6 Å². The Hall–Kier alpha value is -1.69. The van der Waals surface area contributed by atoms with Gasteiger partial charge in [-0.1, -0.05) is 55.6 Å². The smallest absolute Gasteiger partial charge is 0.242 e. The summed E-state index contributed by atoms with van der Waals surface area (Å²) in [6, 6.07) is 14.2. The third-order valence-corrected chi connectivity index (χ3v) is 6.16. The summed E-state index contributed by atoms with van der Waals surface area (Å²) >= 11 is 13.4. The molecule has 0 unspecified atom stereocenters. The second-order valence-corrected chi connectivity index (χ2v) is 8.88. The highest BCUT2D eigenvalue weighted by molar-refractivity contribution is 8.00. The van der Waals surface area contributed by atoms with Crippen molar-refractivity contribution in [1.82, 2.24) is 10.2 Å². The van der Waals surface area contributed by atoms with Gasteiger partial charge >= 0.3 is 0 Å². The quantitative estimate of drug-likeness (QED) is 0.335. The first kappa shape index (κ1) is 24.6. The van der Waals surface area contributed by atoms with E-state index in [1.165, 1.54) is 11.8 Å². The number of nitrogens with zero attached hydrogens (tertiary/aromatic N) is 1. The lowest BCUT2D eigenvalue weighted by Crippen LogP contribution is -2.49. The molecule has 30 heavy (non-hydrogen) atoms. The number of hydrogen-bond donors (Lipinski definition) is 1. The molecule has 7 heteroatoms. The van der Waals surface area contributed by atoms with Crippen LogP contribution in [-0.4, -0.2) is 35.1 Å². The summed E-state index contributed by atoms with van der Waals surface area (Å²) in [5.41, 5.74) is 0.934. The fraction of sp³-hybridized carbons (Fsp3) is 0.391. The van der Waals surface area contributed by atoms with Gasteiger partial charge in [-0.15, -0.1) is 11.8 Å². The zero-order chi connectivity index (χ0) is 21.9. The maximum Gasteiger partial charge on any atom is 0.242 e. The van der Waals surface area contributed by atoms with Crippen molar-refractivity contribution in [3.63, 3.8) is 0 Å². The number of amides is 2. The number of nitrogens with one attached hydrogen (secondary N) is 1. The molecular formula is C23H28Cl2N2O2S. The molecule has 2 amide bonds. The molecule has 0 radical (unpaired) electrons. The van der Waals surface area contributed by atoms with E-state index in [4.69, 9.17) is 23.2 Å². The number of benzene rings is 2. The first-order valence-corrected chi connectivity index (χ1v) is 11.9. The van der Waals surface area contributed by atoms with Gasteiger partial charge in [0, 0.05) is 28.0 Å². The molecule has 0 aromatic heterocycles. The minimum absolute atomic E-state index is 0.0811. The molecule has 0 saturated carbocycles. The molecule has 162 valence electrons. The predicted molar refractivity (Wildman–Crippen MR) is 126 cm³/mol. The van der Waals surface area contributed by atoms with Gasteiger partial charge in [-0.25, -0.2) is 0 Å². The summed E-state index contributed by atoms with van der Waals surface area (Å²) in [7, 11) is 0. The molecule has 1 N–H and O–H groups in total. The van der Waals surface area contributed by atoms with Crippen LogP contribution in [0, 0.1) is 0 Å². The number of hydrogen-bond acceptors (Lipinski definition) is 3. The number of carbonyl (C=O) groups excluding carboxylic acids is 2. The summed E-state index contributed by atoms with van der Waals surface area (Å²) in [5, 5.41) is 4.26. The fourth-order valence-corrected chi connectivity index (χ4v) is 4.01. The van der Waals surface area contributed by atoms with Gasteiger partial charge in [0.2, 0.25) is 11.8 Å². The third kappa shape index (κ3) is 7.86. The van der Waals surface area contributed by atoms with E-state index in [1.54, 1.807) is 29.2 Å². The molecule has 1 atom stereocenters. The minimum Gasteiger partial charge on any atom is -0.354 e. The molecule has 0 aliphatic rings. The normalized spacial score (nSPS) is 11.7. The molecule has 0 fully saturated rings. The fourth-order valence-electron chi connectivity index (χ4n) is 2.97. The Morgan fingerprint density at radius 3 is 2.17 bits per heavy atom. The molecule has 2 aromatic rings. The van der Waals surface area contributed by atoms with E-state index in [0.717, 1.165) is 23.3 Å². The van der Waals surface area contributed by atoms with Crippen molar-refractivity contribution in [2.45, 2.75) is 50.6 Å². The largest absolute Gasteiger partial charge is 0.354 e. The highest BCUT2D eigenvalue weighted by atomic mass is 35.5. The molecule has 0 aliphatic carbocycles. The molecule has 0 bridgehead atoms. The van der Waals surface area contributed by atoms with Crippen molar-refractivity contribution in [3.05, 3.63) is 64.1 Å². The van der Waals surface area contributed by atoms with Gasteiger partial charge in [0.05, 0.1) is 5.75 Å². The number of carbonyl (C=O) groups is 2. The highest BCUT2D eigenvalue weighted by Crippen LogP contribution is 2.22. The van der Waals surface area contributed by atoms with Crippen molar-refractivity contribution < 1.29 is 9.59 Å². The Kier molecular flexibility index (Phi) is 10.6. The molecule has 4 nitrogen and oxygen atoms in total. The van der Waals surface area contributed by atoms with Crippen molar-refractivity contribution >= 4 is 46.8 Å². The zero-order valence-corrected chi connectivity index (χ0v) is 19.7. The molecule has 0 heterocycles. The van der Waals surface area contributed by atoms with Crippen LogP contribution in [0.2, 0.25) is 10.0 Å². The van der Waals surface area contributed by atoms with E-state index in [1.807, 2.05) is 31.2 Å². The van der Waals surface area contributed by atoms with E-state index in [9.17, 15) is 9.59 Å². The predicted octanol–water partition coefficient (Wildman–Crippen LogP) is 5.81. The number of rotatable bonds is 11. The first-order valence-electron chi connectivity index (χ1n) is 10.1. The van der Waals surface area contributed by atoms with Gasteiger partial charge in [-0.05, 0) is 54.8 Å². The van der Waals surface area contributed by atoms with Crippen molar-refractivity contribution in [2.24, 2.45) is 0 Å². The summed E-state index contributed by atoms with van der Waals surface area (Å²) in [4.78, 5) is 28.6. The van der Waals surface area contributed by atoms with E-state index < -0.39 is 6.04 Å². The average Bonchev–Trinajstić information content (AvgIpc) is 2.74. The Bertz CT molecular complexity index is 813. The lowest BCUT2D eigenvalue weighted by atomic mass is 10.1. The van der Waals surface area contributed by atoms with E-state index in [-0.39, 0.29) is 17.6 Å². The standard InChI is InChI=1S/C23H28Cl2N2O2S/c1-3-5-14-26-23(29)21(4-2)27(15-17-6-8-18(24)9-7-17)22(28)16-30-20-12-10-19(25)11-13-20/h6-13,21H,3-5,14-16H2,1-2H3,(H,26,29)/t21-/m0/s1. The molecule has 2 rings (SSSR count). The number of thioether (sulfide) groups is 1. The van der Waals surface area contributed by atoms with Crippen LogP contribution < -0.4 is 5.32 Å². The summed E-state index contributed by atoms with van der Waals surface area (Å²) < 4.78 is 0. The van der Waals surface area contributed by atoms with Crippen LogP contribution >= 0.6 is 35.0 Å². The van der Waals surface area contributed by atoms with Gasteiger partial charge in [-0.2, -0.15) is 0 Å². The van der Waals surface area contributed by atoms with Crippen molar-refractivity contribution in [3.8, 4) is 0 Å². The molecule has 0 saturated heterocycles. The van der Waals surface area contributed by atoms with Crippen LogP contribution in [0.5, 0.6) is 0 Å². The maximum absolute atomic E-state index is 13.2. The van der Waals surface area contributed by atoms with Gasteiger partial charge in [0.1, 0.15) is 6.04 Å². The summed E-state index contributed by atoms with van der Waals surface area (Å²) in [6.07, 6.45) is 2.46. The SMILES string of the molecule is CCCCNC(=O)[C@H](CC)N(Cc1ccc(Cl)cc1)C(=O)CSc1ccc(Cl)cc1. The van der Waals surface area contributed by atoms with Crippen molar-refractivity contribution in [2.75, 3.05) is 12.3 Å². The number of halogens is 2. The van der Waals surface area contributed by atoms with Crippen LogP contribution in [0.3, 0.4) is 0 Å². The highest BCUT2D eigenvalue weighted by Gasteiger charge is 2.28. The monoisotopic (exact) mass is 466 g/mol. The van der Waals surface area contributed by atoms with Gasteiger partial charge < -0.3 is 10.2 Å². The van der Waals surface area contributed by atoms with Crippen LogP contribution in [0.15, 0.2) is 53.4 Å². The Balaban J connectivity index is 2.15. The average molecular weight is 467 g/mol. The molecular weight excluding hydrogens is 439 g/mol. The second kappa shape index (κ2) is 12.9. The Morgan fingerprint density at radius 2 is 1.60 bits per heavy atom. The zero-order valence-electron chi connectivity index (χ0n) is 17.4. The molecule has 2 aromatic carbocycles. The third-order valence-electron chi connectivity index (χ3n) is 4.66. The topological polar surface area (TPSA) is 49.4 Å². The van der Waals surface area contributed by atoms with Crippen LogP contribution in [0.25, 0.3) is 0 Å². The lowest BCUT2D eigenvalue weighted by molar-refractivity contribution is -0.139. The van der Waals surface area contributed by atoms with Crippen LogP contribution in [0.4, 0.5) is 0 Å². The Morgan fingerprint density at radius 1 is 1.00 bits per heavy atom. The first-order chi connectivity index (χ1) is 14.4. The van der Waals surface area contributed by atoms with Crippen molar-refractivity contribution in [1.29, 1.82) is 0 Å². The van der Waals surface area contributed by atoms with Gasteiger partial charge in [0.15, 0.2) is 0 Å². The number of unbranched alkanes of at least 4 members (excludes halogenated alkanes) is 1. The minimum atomic E-state index is -0.518. The van der Waals surface area contributed by atoms with Crippen LogP contribution in [0.1, 0.15) is 38.7 Å².